The van der Waals surface area contributed by atoms with Gasteiger partial charge in [-0.05, 0) is 37.7 Å². The Labute approximate surface area is 113 Å². The predicted octanol–water partition coefficient (Wildman–Crippen LogP) is 4.07. The van der Waals surface area contributed by atoms with E-state index in [4.69, 9.17) is 0 Å². The molecule has 0 saturated carbocycles. The fraction of sp³-hybridized carbons (Fsp3) is 0.786. The Hall–Kier alpha value is 0.110. The summed E-state index contributed by atoms with van der Waals surface area (Å²) in [5, 5.41) is 0.786. The average Bonchev–Trinajstić information content (AvgIpc) is 2.66. The molecule has 2 aliphatic rings. The first-order valence-electron chi connectivity index (χ1n) is 6.79. The van der Waals surface area contributed by atoms with Crippen LogP contribution in [0.3, 0.4) is 0 Å². The van der Waals surface area contributed by atoms with Gasteiger partial charge in [-0.1, -0.05) is 19.4 Å². The monoisotopic (exact) mass is 270 g/mol. The van der Waals surface area contributed by atoms with E-state index in [-0.39, 0.29) is 5.25 Å². The lowest BCUT2D eigenvalue weighted by Gasteiger charge is -2.29. The third kappa shape index (κ3) is 3.54. The van der Waals surface area contributed by atoms with Crippen LogP contribution < -0.4 is 0 Å². The molecular formula is C14H22OS2. The highest BCUT2D eigenvalue weighted by Gasteiger charge is 2.32. The molecule has 1 aliphatic heterocycles. The minimum atomic E-state index is 0.239. The summed E-state index contributed by atoms with van der Waals surface area (Å²) in [5.74, 6) is 2.81. The molecule has 0 bridgehead atoms. The zero-order chi connectivity index (χ0) is 12.1. The molecule has 1 aliphatic carbocycles. The number of hydrogen-bond donors (Lipinski definition) is 0. The van der Waals surface area contributed by atoms with E-state index in [1.165, 1.54) is 25.0 Å². The minimum absolute atomic E-state index is 0.239. The number of thioether (sulfide) groups is 2. The largest absolute Gasteiger partial charge is 0.293 e. The van der Waals surface area contributed by atoms with Crippen molar-refractivity contribution < 1.29 is 4.79 Å². The van der Waals surface area contributed by atoms with Crippen molar-refractivity contribution in [3.05, 3.63) is 11.6 Å². The van der Waals surface area contributed by atoms with Crippen LogP contribution >= 0.6 is 23.5 Å². The van der Waals surface area contributed by atoms with Gasteiger partial charge in [0.15, 0.2) is 5.78 Å². The van der Waals surface area contributed by atoms with Gasteiger partial charge in [-0.15, -0.1) is 11.8 Å². The second kappa shape index (κ2) is 6.89. The van der Waals surface area contributed by atoms with Crippen LogP contribution in [0.25, 0.3) is 0 Å². The molecule has 1 saturated heterocycles. The van der Waals surface area contributed by atoms with Gasteiger partial charge < -0.3 is 0 Å². The Morgan fingerprint density at radius 3 is 2.94 bits per heavy atom. The third-order valence-corrected chi connectivity index (χ3v) is 6.81. The van der Waals surface area contributed by atoms with Gasteiger partial charge in [-0.2, -0.15) is 11.8 Å². The normalized spacial score (nSPS) is 30.5. The molecule has 0 N–H and O–H groups in total. The summed E-state index contributed by atoms with van der Waals surface area (Å²) in [5.41, 5.74) is 1.14. The van der Waals surface area contributed by atoms with Crippen molar-refractivity contribution in [3.8, 4) is 0 Å². The van der Waals surface area contributed by atoms with E-state index >= 15 is 0 Å². The molecule has 96 valence electrons. The molecule has 0 spiro atoms. The lowest BCUT2D eigenvalue weighted by Crippen LogP contribution is -2.33. The van der Waals surface area contributed by atoms with Crippen LogP contribution in [0.4, 0.5) is 0 Å². The van der Waals surface area contributed by atoms with Crippen molar-refractivity contribution in [2.45, 2.75) is 55.9 Å². The molecular weight excluding hydrogens is 248 g/mol. The molecule has 1 fully saturated rings. The maximum Gasteiger partial charge on any atom is 0.172 e. The first kappa shape index (κ1) is 13.5. The number of rotatable bonds is 3. The van der Waals surface area contributed by atoms with Gasteiger partial charge in [-0.3, -0.25) is 4.79 Å². The minimum Gasteiger partial charge on any atom is -0.293 e. The number of ketones is 1. The van der Waals surface area contributed by atoms with Gasteiger partial charge in [0.25, 0.3) is 0 Å². The van der Waals surface area contributed by atoms with E-state index in [2.05, 4.69) is 13.0 Å². The maximum atomic E-state index is 12.6. The molecule has 1 nitrogen and oxygen atoms in total. The predicted molar refractivity (Wildman–Crippen MR) is 79.0 cm³/mol. The molecule has 0 amide bonds. The molecule has 2 rings (SSSR count). The summed E-state index contributed by atoms with van der Waals surface area (Å²) in [7, 11) is 0. The molecule has 2 atom stereocenters. The Bertz CT molecular complexity index is 299. The smallest absolute Gasteiger partial charge is 0.172 e. The van der Waals surface area contributed by atoms with E-state index < -0.39 is 0 Å². The Kier molecular flexibility index (Phi) is 5.49. The molecule has 3 heteroatoms. The zero-order valence-electron chi connectivity index (χ0n) is 10.6. The highest BCUT2D eigenvalue weighted by molar-refractivity contribution is 8.07. The standard InChI is InChI=1S/C14H22OS2/c1-2-12-14(17-10-9-16-12)13(15)11-7-5-3-4-6-8-11/h7,12,14H,2-6,8-10H2,1H3. The molecule has 2 unspecified atom stereocenters. The van der Waals surface area contributed by atoms with Crippen molar-refractivity contribution in [1.82, 2.24) is 0 Å². The highest BCUT2D eigenvalue weighted by atomic mass is 32.2. The molecule has 17 heavy (non-hydrogen) atoms. The summed E-state index contributed by atoms with van der Waals surface area (Å²) in [6.07, 6.45) is 9.25. The second-order valence-corrected chi connectivity index (χ2v) is 7.40. The summed E-state index contributed by atoms with van der Waals surface area (Å²) in [4.78, 5) is 12.6. The number of hydrogen-bond acceptors (Lipinski definition) is 3. The number of carbonyl (C=O) groups excluding carboxylic acids is 1. The number of carbonyl (C=O) groups is 1. The van der Waals surface area contributed by atoms with Crippen LogP contribution in [0.2, 0.25) is 0 Å². The van der Waals surface area contributed by atoms with Crippen LogP contribution in [0.1, 0.15) is 45.4 Å². The van der Waals surface area contributed by atoms with Crippen molar-refractivity contribution >= 4 is 29.3 Å². The van der Waals surface area contributed by atoms with Crippen LogP contribution in [-0.2, 0) is 4.79 Å². The maximum absolute atomic E-state index is 12.6. The fourth-order valence-electron chi connectivity index (χ4n) is 2.57. The van der Waals surface area contributed by atoms with Gasteiger partial charge in [0.05, 0.1) is 5.25 Å². The van der Waals surface area contributed by atoms with Crippen molar-refractivity contribution in [3.63, 3.8) is 0 Å². The quantitative estimate of drug-likeness (QED) is 0.769. The van der Waals surface area contributed by atoms with Gasteiger partial charge in [0.1, 0.15) is 0 Å². The Balaban J connectivity index is 2.03. The molecule has 0 radical (unpaired) electrons. The molecule has 0 aromatic rings. The van der Waals surface area contributed by atoms with Gasteiger partial charge in [0.2, 0.25) is 0 Å². The van der Waals surface area contributed by atoms with Crippen LogP contribution in [0.15, 0.2) is 11.6 Å². The van der Waals surface area contributed by atoms with E-state index in [1.807, 2.05) is 23.5 Å². The first-order valence-corrected chi connectivity index (χ1v) is 8.89. The lowest BCUT2D eigenvalue weighted by molar-refractivity contribution is -0.115. The van der Waals surface area contributed by atoms with Gasteiger partial charge >= 0.3 is 0 Å². The van der Waals surface area contributed by atoms with Crippen molar-refractivity contribution in [1.29, 1.82) is 0 Å². The second-order valence-electron chi connectivity index (χ2n) is 4.80. The summed E-state index contributed by atoms with van der Waals surface area (Å²) in [6, 6.07) is 0. The SMILES string of the molecule is CCC1SCCSC1C(=O)C1=CCCCCC1. The first-order chi connectivity index (χ1) is 8.33. The van der Waals surface area contributed by atoms with E-state index in [9.17, 15) is 4.79 Å². The van der Waals surface area contributed by atoms with Crippen LogP contribution in [0.5, 0.6) is 0 Å². The lowest BCUT2D eigenvalue weighted by atomic mass is 10.0. The van der Waals surface area contributed by atoms with Crippen molar-refractivity contribution in [2.24, 2.45) is 0 Å². The third-order valence-electron chi connectivity index (χ3n) is 3.57. The highest BCUT2D eigenvalue weighted by Crippen LogP contribution is 2.36. The van der Waals surface area contributed by atoms with E-state index in [0.717, 1.165) is 30.6 Å². The topological polar surface area (TPSA) is 17.1 Å². The summed E-state index contributed by atoms with van der Waals surface area (Å²) in [6.45, 7) is 2.21. The van der Waals surface area contributed by atoms with Crippen molar-refractivity contribution in [2.75, 3.05) is 11.5 Å². The molecule has 1 heterocycles. The molecule has 0 aromatic carbocycles. The van der Waals surface area contributed by atoms with Crippen LogP contribution in [-0.4, -0.2) is 27.8 Å². The van der Waals surface area contributed by atoms with Crippen LogP contribution in [0, 0.1) is 0 Å². The van der Waals surface area contributed by atoms with Gasteiger partial charge in [-0.25, -0.2) is 0 Å². The summed E-state index contributed by atoms with van der Waals surface area (Å²) >= 11 is 3.89. The Morgan fingerprint density at radius 2 is 2.12 bits per heavy atom. The number of Topliss-reactive ketones (excluding diaryl/α,β-unsaturated/α-hetero) is 1. The summed E-state index contributed by atoms with van der Waals surface area (Å²) < 4.78 is 0. The molecule has 0 aromatic heterocycles. The van der Waals surface area contributed by atoms with E-state index in [1.54, 1.807) is 0 Å². The van der Waals surface area contributed by atoms with Gasteiger partial charge in [0, 0.05) is 16.8 Å². The zero-order valence-corrected chi connectivity index (χ0v) is 12.2. The number of allylic oxidation sites excluding steroid dienone is 2. The average molecular weight is 270 g/mol. The van der Waals surface area contributed by atoms with E-state index in [0.29, 0.717) is 11.0 Å². The fourth-order valence-corrected chi connectivity index (χ4v) is 5.61. The Morgan fingerprint density at radius 1 is 1.29 bits per heavy atom.